The van der Waals surface area contributed by atoms with Crippen molar-refractivity contribution in [2.45, 2.75) is 13.3 Å². The Balaban J connectivity index is 1.16. The van der Waals surface area contributed by atoms with Crippen molar-refractivity contribution in [3.05, 3.63) is 198 Å². The highest BCUT2D eigenvalue weighted by Crippen LogP contribution is 2.37. The maximum atomic E-state index is 6.55. The predicted octanol–water partition coefficient (Wildman–Crippen LogP) is 13.3. The second kappa shape index (κ2) is 12.7. The van der Waals surface area contributed by atoms with Gasteiger partial charge in [0.25, 0.3) is 0 Å². The number of furan rings is 1. The number of hydrogen-bond acceptors (Lipinski definition) is 3. The van der Waals surface area contributed by atoms with Crippen molar-refractivity contribution in [1.82, 2.24) is 0 Å². The first-order valence-corrected chi connectivity index (χ1v) is 18.1. The first kappa shape index (κ1) is 30.9. The zero-order valence-electron chi connectivity index (χ0n) is 29.3. The Morgan fingerprint density at radius 3 is 1.81 bits per heavy atom. The lowest BCUT2D eigenvalue weighted by Crippen LogP contribution is -2.06. The first-order chi connectivity index (χ1) is 26.1. The molecule has 0 radical (unpaired) electrons. The van der Waals surface area contributed by atoms with Gasteiger partial charge in [0.2, 0.25) is 0 Å². The molecule has 0 bridgehead atoms. The van der Waals surface area contributed by atoms with Gasteiger partial charge in [-0.3, -0.25) is 0 Å². The van der Waals surface area contributed by atoms with Gasteiger partial charge in [-0.05, 0) is 98.3 Å². The minimum absolute atomic E-state index is 0.668. The Bertz CT molecular complexity index is 2970. The van der Waals surface area contributed by atoms with Crippen LogP contribution < -0.4 is 0 Å². The van der Waals surface area contributed by atoms with Gasteiger partial charge in [-0.25, -0.2) is 9.98 Å². The largest absolute Gasteiger partial charge is 0.456 e. The number of aliphatic imine (C=N–C) groups is 2. The van der Waals surface area contributed by atoms with E-state index in [0.717, 1.165) is 61.2 Å². The van der Waals surface area contributed by atoms with Crippen molar-refractivity contribution in [3.63, 3.8) is 0 Å². The summed E-state index contributed by atoms with van der Waals surface area (Å²) in [6, 6.07) is 62.2. The molecular formula is C50H34N2O. The maximum Gasteiger partial charge on any atom is 0.160 e. The van der Waals surface area contributed by atoms with E-state index >= 15 is 0 Å². The lowest BCUT2D eigenvalue weighted by atomic mass is 9.95. The van der Waals surface area contributed by atoms with Crippen molar-refractivity contribution >= 4 is 60.7 Å². The number of allylic oxidation sites excluding steroid dienone is 1. The van der Waals surface area contributed by atoms with Crippen LogP contribution in [0.25, 0.3) is 71.4 Å². The van der Waals surface area contributed by atoms with Gasteiger partial charge in [0.05, 0.1) is 11.4 Å². The van der Waals surface area contributed by atoms with Crippen LogP contribution in [0.3, 0.4) is 0 Å². The fourth-order valence-electron chi connectivity index (χ4n) is 7.72. The minimum atomic E-state index is 0.668. The molecule has 1 aliphatic rings. The molecule has 0 spiro atoms. The molecule has 1 aliphatic heterocycles. The van der Waals surface area contributed by atoms with Crippen LogP contribution in [-0.2, 0) is 0 Å². The van der Waals surface area contributed by atoms with Gasteiger partial charge in [0, 0.05) is 28.3 Å². The minimum Gasteiger partial charge on any atom is -0.456 e. The highest BCUT2D eigenvalue weighted by atomic mass is 16.3. The molecule has 0 unspecified atom stereocenters. The van der Waals surface area contributed by atoms with Gasteiger partial charge < -0.3 is 4.42 Å². The molecule has 1 aromatic heterocycles. The fraction of sp³-hybridized carbons (Fsp3) is 0.0400. The Morgan fingerprint density at radius 2 is 1.04 bits per heavy atom. The zero-order valence-corrected chi connectivity index (χ0v) is 29.3. The molecule has 2 heterocycles. The number of nitrogens with zero attached hydrogens (tertiary/aromatic N) is 2. The molecule has 9 aromatic rings. The van der Waals surface area contributed by atoms with E-state index in [0.29, 0.717) is 12.3 Å². The standard InChI is InChI=1S/C50H34N2O/c1-32-27-45(40-23-20-36-19-22-38(29-42(36)30-40)33-11-4-2-5-12-33)51-50(52-49(32)41-24-21-35-15-8-9-16-37(35)28-41)44-17-10-18-46-48(44)43-26-25-39(31-47(43)53-46)34-13-6-3-7-14-34/h2-26,28-31H,27H2,1H3. The van der Waals surface area contributed by atoms with Crippen LogP contribution in [0, 0.1) is 0 Å². The molecular weight excluding hydrogens is 645 g/mol. The molecule has 0 fully saturated rings. The smallest absolute Gasteiger partial charge is 0.160 e. The molecule has 10 rings (SSSR count). The SMILES string of the molecule is CC1=C(c2ccc3ccccc3c2)N=C(c2cccc3oc4cc(-c5ccccc5)ccc4c23)N=C(c2ccc3ccc(-c4ccccc4)cc3c2)C1. The third-order valence-electron chi connectivity index (χ3n) is 10.4. The summed E-state index contributed by atoms with van der Waals surface area (Å²) in [7, 11) is 0. The number of benzene rings is 8. The maximum absolute atomic E-state index is 6.55. The van der Waals surface area contributed by atoms with Crippen LogP contribution in [0.1, 0.15) is 30.0 Å². The summed E-state index contributed by atoms with van der Waals surface area (Å²) < 4.78 is 6.55. The number of hydrogen-bond donors (Lipinski definition) is 0. The van der Waals surface area contributed by atoms with E-state index in [9.17, 15) is 0 Å². The summed E-state index contributed by atoms with van der Waals surface area (Å²) in [5, 5.41) is 6.85. The topological polar surface area (TPSA) is 37.9 Å². The number of fused-ring (bicyclic) bond motifs is 5. The van der Waals surface area contributed by atoms with Gasteiger partial charge in [0.1, 0.15) is 11.2 Å². The summed E-state index contributed by atoms with van der Waals surface area (Å²) in [6.45, 7) is 2.19. The van der Waals surface area contributed by atoms with Gasteiger partial charge >= 0.3 is 0 Å². The second-order valence-corrected chi connectivity index (χ2v) is 13.9. The van der Waals surface area contributed by atoms with Gasteiger partial charge in [0.15, 0.2) is 5.84 Å². The van der Waals surface area contributed by atoms with Crippen molar-refractivity contribution < 1.29 is 4.42 Å². The molecule has 0 saturated carbocycles. The van der Waals surface area contributed by atoms with Gasteiger partial charge in [-0.1, -0.05) is 140 Å². The molecule has 3 nitrogen and oxygen atoms in total. The van der Waals surface area contributed by atoms with Crippen LogP contribution in [-0.4, -0.2) is 11.5 Å². The van der Waals surface area contributed by atoms with Crippen LogP contribution in [0.5, 0.6) is 0 Å². The van der Waals surface area contributed by atoms with Gasteiger partial charge in [-0.2, -0.15) is 0 Å². The van der Waals surface area contributed by atoms with E-state index in [2.05, 4.69) is 165 Å². The Labute approximate surface area is 307 Å². The van der Waals surface area contributed by atoms with E-state index in [4.69, 9.17) is 14.4 Å². The molecule has 250 valence electrons. The summed E-state index contributed by atoms with van der Waals surface area (Å²) in [5.41, 5.74) is 12.6. The lowest BCUT2D eigenvalue weighted by Gasteiger charge is -2.10. The molecule has 0 amide bonds. The summed E-state index contributed by atoms with van der Waals surface area (Å²) in [6.07, 6.45) is 0.668. The lowest BCUT2D eigenvalue weighted by molar-refractivity contribution is 0.669. The van der Waals surface area contributed by atoms with Crippen molar-refractivity contribution in [2.75, 3.05) is 0 Å². The average Bonchev–Trinajstić information content (AvgIpc) is 3.50. The molecule has 3 heteroatoms. The van der Waals surface area contributed by atoms with Crippen molar-refractivity contribution in [2.24, 2.45) is 9.98 Å². The summed E-state index contributed by atoms with van der Waals surface area (Å²) in [5.74, 6) is 0.679. The molecule has 0 saturated heterocycles. The highest BCUT2D eigenvalue weighted by Gasteiger charge is 2.21. The number of amidine groups is 1. The van der Waals surface area contributed by atoms with Gasteiger partial charge in [-0.15, -0.1) is 0 Å². The Hall–Kier alpha value is -6.84. The van der Waals surface area contributed by atoms with Crippen molar-refractivity contribution in [1.29, 1.82) is 0 Å². The fourth-order valence-corrected chi connectivity index (χ4v) is 7.72. The average molecular weight is 679 g/mol. The molecule has 0 atom stereocenters. The Kier molecular flexibility index (Phi) is 7.43. The molecule has 53 heavy (non-hydrogen) atoms. The van der Waals surface area contributed by atoms with E-state index in [1.807, 2.05) is 18.2 Å². The third-order valence-corrected chi connectivity index (χ3v) is 10.4. The predicted molar refractivity (Wildman–Crippen MR) is 223 cm³/mol. The van der Waals surface area contributed by atoms with E-state index in [1.54, 1.807) is 0 Å². The second-order valence-electron chi connectivity index (χ2n) is 13.9. The normalized spacial score (nSPS) is 13.5. The van der Waals surface area contributed by atoms with E-state index in [-0.39, 0.29) is 0 Å². The van der Waals surface area contributed by atoms with Crippen LogP contribution in [0.15, 0.2) is 196 Å². The van der Waals surface area contributed by atoms with E-state index in [1.165, 1.54) is 38.2 Å². The quantitative estimate of drug-likeness (QED) is 0.179. The Morgan fingerprint density at radius 1 is 0.434 bits per heavy atom. The third kappa shape index (κ3) is 5.64. The highest BCUT2D eigenvalue weighted by molar-refractivity contribution is 6.23. The summed E-state index contributed by atoms with van der Waals surface area (Å²) in [4.78, 5) is 10.9. The van der Waals surface area contributed by atoms with Crippen LogP contribution in [0.2, 0.25) is 0 Å². The van der Waals surface area contributed by atoms with Crippen LogP contribution >= 0.6 is 0 Å². The number of rotatable bonds is 5. The van der Waals surface area contributed by atoms with E-state index < -0.39 is 0 Å². The molecule has 0 aliphatic carbocycles. The van der Waals surface area contributed by atoms with Crippen molar-refractivity contribution in [3.8, 4) is 22.3 Å². The monoisotopic (exact) mass is 678 g/mol. The first-order valence-electron chi connectivity index (χ1n) is 18.1. The zero-order chi connectivity index (χ0) is 35.3. The molecule has 0 N–H and O–H groups in total. The summed E-state index contributed by atoms with van der Waals surface area (Å²) >= 11 is 0. The molecule has 8 aromatic carbocycles. The van der Waals surface area contributed by atoms with Crippen LogP contribution in [0.4, 0.5) is 0 Å².